The molecule has 56 heavy (non-hydrogen) atoms. The fourth-order valence-electron chi connectivity index (χ4n) is 8.91. The van der Waals surface area contributed by atoms with Crippen LogP contribution in [0, 0.1) is 35.5 Å². The first-order chi connectivity index (χ1) is 26.5. The molecule has 0 saturated carbocycles. The first-order valence-corrected chi connectivity index (χ1v) is 19.8. The van der Waals surface area contributed by atoms with Crippen LogP contribution in [0.5, 0.6) is 0 Å². The molecule has 0 radical (unpaired) electrons. The van der Waals surface area contributed by atoms with Gasteiger partial charge < -0.3 is 48.6 Å². The third kappa shape index (κ3) is 9.57. The first kappa shape index (κ1) is 43.5. The summed E-state index contributed by atoms with van der Waals surface area (Å²) in [5.74, 6) is 2.47. The second-order valence-electron chi connectivity index (χ2n) is 16.6. The summed E-state index contributed by atoms with van der Waals surface area (Å²) in [6.45, 7) is 14.4. The number of aliphatic hydroxyl groups excluding tert-OH is 1. The van der Waals surface area contributed by atoms with Gasteiger partial charge in [-0.25, -0.2) is 4.79 Å². The van der Waals surface area contributed by atoms with Crippen molar-refractivity contribution in [3.63, 3.8) is 0 Å². The van der Waals surface area contributed by atoms with E-state index in [2.05, 4.69) is 22.3 Å². The fourth-order valence-corrected chi connectivity index (χ4v) is 8.91. The van der Waals surface area contributed by atoms with Crippen molar-refractivity contribution >= 4 is 23.6 Å². The molecule has 310 valence electrons. The maximum Gasteiger partial charge on any atom is 0.408 e. The Balaban J connectivity index is 1.57. The quantitative estimate of drug-likeness (QED) is 0.184. The number of ether oxygens (including phenoxy) is 6. The van der Waals surface area contributed by atoms with Crippen LogP contribution >= 0.6 is 0 Å². The number of aliphatic hydroxyl groups is 1. The number of fused-ring (bicyclic) bond motifs is 4. The summed E-state index contributed by atoms with van der Waals surface area (Å²) in [7, 11) is 3.80. The number of rotatable bonds is 6. The van der Waals surface area contributed by atoms with Crippen LogP contribution in [0.4, 0.5) is 4.79 Å². The van der Waals surface area contributed by atoms with Gasteiger partial charge in [-0.15, -0.1) is 0 Å². The third-order valence-electron chi connectivity index (χ3n) is 12.0. The first-order valence-electron chi connectivity index (χ1n) is 19.8. The fraction of sp³-hybridized carbons (Fsp3) is 0.714. The number of nitrogens with zero attached hydrogens (tertiary/aromatic N) is 2. The monoisotopic (exact) mass is 783 g/mol. The number of carbonyl (C=O) groups excluding carboxylic acids is 3. The molecule has 4 aliphatic heterocycles. The lowest BCUT2D eigenvalue weighted by Gasteiger charge is -2.48. The Bertz CT molecular complexity index is 1630. The van der Waals surface area contributed by atoms with Gasteiger partial charge in [0, 0.05) is 29.4 Å². The van der Waals surface area contributed by atoms with Gasteiger partial charge in [0.25, 0.3) is 0 Å². The van der Waals surface area contributed by atoms with E-state index < -0.39 is 83.7 Å². The molecule has 2 N–H and O–H groups in total. The average Bonchev–Trinajstić information content (AvgIpc) is 3.49. The highest BCUT2D eigenvalue weighted by Crippen LogP contribution is 2.42. The van der Waals surface area contributed by atoms with Crippen molar-refractivity contribution in [1.82, 2.24) is 10.2 Å². The van der Waals surface area contributed by atoms with Crippen LogP contribution < -0.4 is 5.32 Å². The molecule has 14 heteroatoms. The number of carbonyl (C=O) groups is 3. The predicted molar refractivity (Wildman–Crippen MR) is 206 cm³/mol. The number of Topliss-reactive ketones (excluding diaryl/α,β-unsaturated/α-hetero) is 1. The lowest BCUT2D eigenvalue weighted by atomic mass is 9.73. The number of oxime groups is 1. The lowest BCUT2D eigenvalue weighted by molar-refractivity contribution is -0.302. The van der Waals surface area contributed by atoms with Crippen molar-refractivity contribution in [1.29, 1.82) is 0 Å². The molecule has 14 atom stereocenters. The minimum atomic E-state index is -1.32. The van der Waals surface area contributed by atoms with Gasteiger partial charge in [-0.1, -0.05) is 62.9 Å². The van der Waals surface area contributed by atoms with Gasteiger partial charge in [0.1, 0.15) is 23.7 Å². The summed E-state index contributed by atoms with van der Waals surface area (Å²) in [5, 5.41) is 18.8. The Labute approximate surface area is 331 Å². The minimum Gasteiger partial charge on any atom is -0.458 e. The van der Waals surface area contributed by atoms with Gasteiger partial charge in [-0.2, -0.15) is 0 Å². The largest absolute Gasteiger partial charge is 0.458 e. The number of hydrogen-bond acceptors (Lipinski definition) is 13. The standard InChI is InChI=1S/C42H61N3O11/c1-11-32-42(8)36(43-40(49)56-42)26(4)33(46)24(2)21-41(7)37(55-39-34(47)31(45(9)10)20-25(3)53-39)27(5)35(28(6)38(48)54-32)50-22-30(23-51-41)44-52-19-15-18-29-16-13-12-14-17-29/h12-14,16-17,24-28,31-32,34-37,39,47H,11,19-23H2,1-10H3,(H,43,49)/b44-30+/t24-,25-,26+,27-,28-,31+,32-,34-,35+,36+,37-,39+,41-,42-/m1/s1. The number of cyclic esters (lactones) is 1. The van der Waals surface area contributed by atoms with Crippen molar-refractivity contribution in [2.75, 3.05) is 33.9 Å². The molecular formula is C42H61N3O11. The zero-order valence-corrected chi connectivity index (χ0v) is 34.5. The molecule has 0 aliphatic carbocycles. The van der Waals surface area contributed by atoms with Crippen LogP contribution in [0.15, 0.2) is 35.5 Å². The molecule has 2 bridgehead atoms. The molecule has 1 aromatic rings. The number of nitrogens with one attached hydrogen (secondary N) is 1. The van der Waals surface area contributed by atoms with Gasteiger partial charge >= 0.3 is 12.1 Å². The van der Waals surface area contributed by atoms with Crippen molar-refractivity contribution in [2.24, 2.45) is 28.8 Å². The highest BCUT2D eigenvalue weighted by Gasteiger charge is 2.57. The molecule has 1 amide bonds. The molecule has 1 aromatic carbocycles. The molecule has 4 saturated heterocycles. The van der Waals surface area contributed by atoms with Crippen LogP contribution in [0.2, 0.25) is 0 Å². The highest BCUT2D eigenvalue weighted by molar-refractivity contribution is 5.87. The Hall–Kier alpha value is -3.58. The number of amides is 1. The number of benzene rings is 1. The van der Waals surface area contributed by atoms with E-state index in [-0.39, 0.29) is 44.2 Å². The Morgan fingerprint density at radius 1 is 1.04 bits per heavy atom. The SMILES string of the molecule is CC[C@H]1OC(=O)[C@H](C)[C@H]2OC/C(=N\OCC#Cc3ccccc3)CO[C@](C)(C[C@@H](C)C(=O)[C@H](C)[C@@H]3NC(=O)O[C@]13C)[C@H](O[C@@H]1O[C@H](C)C[C@H](N(C)C)[C@H]1O)[C@@H]2C. The molecule has 0 spiro atoms. The Kier molecular flexibility index (Phi) is 14.3. The second kappa shape index (κ2) is 18.3. The van der Waals surface area contributed by atoms with Crippen molar-refractivity contribution in [3.8, 4) is 11.8 Å². The van der Waals surface area contributed by atoms with Crippen LogP contribution in [0.1, 0.15) is 80.2 Å². The molecule has 0 unspecified atom stereocenters. The van der Waals surface area contributed by atoms with Crippen molar-refractivity contribution in [3.05, 3.63) is 35.9 Å². The topological polar surface area (TPSA) is 164 Å². The average molecular weight is 784 g/mol. The summed E-state index contributed by atoms with van der Waals surface area (Å²) >= 11 is 0. The van der Waals surface area contributed by atoms with E-state index in [0.29, 0.717) is 18.6 Å². The summed E-state index contributed by atoms with van der Waals surface area (Å²) in [5.41, 5.74) is -1.33. The van der Waals surface area contributed by atoms with E-state index in [1.807, 2.05) is 83.9 Å². The summed E-state index contributed by atoms with van der Waals surface area (Å²) in [6.07, 6.45) is -4.54. The number of alkyl carbamates (subject to hydrolysis) is 1. The number of hydrogen-bond donors (Lipinski definition) is 2. The van der Waals surface area contributed by atoms with E-state index in [0.717, 1.165) is 5.56 Å². The second-order valence-corrected chi connectivity index (χ2v) is 16.6. The van der Waals surface area contributed by atoms with E-state index >= 15 is 0 Å². The summed E-state index contributed by atoms with van der Waals surface area (Å²) in [6, 6.07) is 8.49. The molecule has 4 aliphatic rings. The maximum atomic E-state index is 14.5. The Morgan fingerprint density at radius 3 is 2.43 bits per heavy atom. The maximum absolute atomic E-state index is 14.5. The predicted octanol–water partition coefficient (Wildman–Crippen LogP) is 4.10. The highest BCUT2D eigenvalue weighted by atomic mass is 16.7. The van der Waals surface area contributed by atoms with E-state index in [9.17, 15) is 19.5 Å². The number of esters is 1. The van der Waals surface area contributed by atoms with Crippen LogP contribution in [-0.4, -0.2) is 128 Å². The molecule has 14 nitrogen and oxygen atoms in total. The zero-order valence-electron chi connectivity index (χ0n) is 34.5. The normalized spacial score (nSPS) is 40.5. The molecule has 4 fully saturated rings. The van der Waals surface area contributed by atoms with Crippen molar-refractivity contribution in [2.45, 2.75) is 135 Å². The number of likely N-dealkylation sites (N-methyl/N-ethyl adjacent to an activating group) is 1. The van der Waals surface area contributed by atoms with Gasteiger partial charge in [-0.3, -0.25) is 9.59 Å². The Morgan fingerprint density at radius 2 is 1.75 bits per heavy atom. The van der Waals surface area contributed by atoms with E-state index in [1.165, 1.54) is 0 Å². The lowest BCUT2D eigenvalue weighted by Crippen LogP contribution is -2.60. The van der Waals surface area contributed by atoms with Gasteiger partial charge in [0.2, 0.25) is 0 Å². The molecular weight excluding hydrogens is 722 g/mol. The van der Waals surface area contributed by atoms with E-state index in [4.69, 9.17) is 33.3 Å². The summed E-state index contributed by atoms with van der Waals surface area (Å²) in [4.78, 5) is 49.1. The van der Waals surface area contributed by atoms with Crippen LogP contribution in [0.3, 0.4) is 0 Å². The number of ketones is 1. The van der Waals surface area contributed by atoms with Crippen LogP contribution in [0.25, 0.3) is 0 Å². The molecule has 0 aromatic heterocycles. The summed E-state index contributed by atoms with van der Waals surface area (Å²) < 4.78 is 38.6. The van der Waals surface area contributed by atoms with Gasteiger partial charge in [0.05, 0.1) is 49.1 Å². The minimum absolute atomic E-state index is 0.00641. The van der Waals surface area contributed by atoms with Crippen LogP contribution in [-0.2, 0) is 42.8 Å². The smallest absolute Gasteiger partial charge is 0.408 e. The third-order valence-corrected chi connectivity index (χ3v) is 12.0. The van der Waals surface area contributed by atoms with Gasteiger partial charge in [-0.05, 0) is 73.2 Å². The van der Waals surface area contributed by atoms with Crippen molar-refractivity contribution < 1.29 is 52.7 Å². The molecule has 4 heterocycles. The van der Waals surface area contributed by atoms with Gasteiger partial charge in [0.15, 0.2) is 18.5 Å². The zero-order chi connectivity index (χ0) is 40.9. The van der Waals surface area contributed by atoms with E-state index in [1.54, 1.807) is 20.8 Å². The molecule has 5 rings (SSSR count).